The zero-order valence-electron chi connectivity index (χ0n) is 8.45. The summed E-state index contributed by atoms with van der Waals surface area (Å²) in [5, 5.41) is 2.88. The highest BCUT2D eigenvalue weighted by atomic mass is 32.1. The molecule has 0 rings (SSSR count). The molecule has 5 heteroatoms. The second-order valence-corrected chi connectivity index (χ2v) is 4.22. The Bertz CT molecular complexity index is 195. The quantitative estimate of drug-likeness (QED) is 0.318. The number of unbranched alkanes of at least 4 members (excludes halogenated alkanes) is 1. The normalized spacial score (nSPS) is 10.0. The highest BCUT2D eigenvalue weighted by Gasteiger charge is 2.04. The van der Waals surface area contributed by atoms with Crippen molar-refractivity contribution in [3.8, 4) is 0 Å². The Balaban J connectivity index is 3.27. The van der Waals surface area contributed by atoms with Crippen LogP contribution in [0.15, 0.2) is 0 Å². The SMILES string of the molecule is CC(C)OC(=O)[CH]CCCNC(=S)S. The van der Waals surface area contributed by atoms with Crippen molar-refractivity contribution in [3.63, 3.8) is 0 Å². The molecule has 0 amide bonds. The van der Waals surface area contributed by atoms with E-state index in [0.29, 0.717) is 10.7 Å². The fourth-order valence-electron chi connectivity index (χ4n) is 0.798. The summed E-state index contributed by atoms with van der Waals surface area (Å²) in [5.41, 5.74) is 0. The highest BCUT2D eigenvalue weighted by Crippen LogP contribution is 1.98. The van der Waals surface area contributed by atoms with Crippen molar-refractivity contribution in [2.24, 2.45) is 0 Å². The van der Waals surface area contributed by atoms with Gasteiger partial charge in [-0.2, -0.15) is 0 Å². The number of carbonyl (C=O) groups excluding carboxylic acids is 1. The molecule has 0 bridgehead atoms. The van der Waals surface area contributed by atoms with Gasteiger partial charge in [0.2, 0.25) is 0 Å². The summed E-state index contributed by atoms with van der Waals surface area (Å²) in [6.45, 7) is 4.38. The lowest BCUT2D eigenvalue weighted by molar-refractivity contribution is -0.143. The lowest BCUT2D eigenvalue weighted by Gasteiger charge is -2.07. The van der Waals surface area contributed by atoms with E-state index < -0.39 is 0 Å². The maximum absolute atomic E-state index is 11.0. The van der Waals surface area contributed by atoms with Gasteiger partial charge in [-0.3, -0.25) is 4.79 Å². The molecule has 0 atom stereocenters. The van der Waals surface area contributed by atoms with Crippen LogP contribution in [0.4, 0.5) is 0 Å². The summed E-state index contributed by atoms with van der Waals surface area (Å²) in [7, 11) is 0. The zero-order valence-corrected chi connectivity index (χ0v) is 10.2. The first-order chi connectivity index (χ1) is 6.52. The molecular weight excluding hydrogens is 218 g/mol. The Morgan fingerprint density at radius 1 is 1.64 bits per heavy atom. The van der Waals surface area contributed by atoms with Crippen molar-refractivity contribution in [2.45, 2.75) is 32.8 Å². The van der Waals surface area contributed by atoms with Gasteiger partial charge in [0, 0.05) is 6.54 Å². The number of hydrogen-bond donors (Lipinski definition) is 2. The summed E-state index contributed by atoms with van der Waals surface area (Å²) in [5.74, 6) is -0.256. The number of rotatable bonds is 6. The fourth-order valence-corrected chi connectivity index (χ4v) is 1.01. The van der Waals surface area contributed by atoms with Crippen LogP contribution < -0.4 is 5.32 Å². The van der Waals surface area contributed by atoms with E-state index in [0.717, 1.165) is 13.0 Å². The Morgan fingerprint density at radius 3 is 2.79 bits per heavy atom. The minimum absolute atomic E-state index is 0.0538. The fraction of sp³-hybridized carbons (Fsp3) is 0.667. The molecule has 0 aliphatic rings. The van der Waals surface area contributed by atoms with E-state index in [2.05, 4.69) is 17.9 Å². The number of nitrogens with one attached hydrogen (secondary N) is 1. The van der Waals surface area contributed by atoms with E-state index in [1.807, 2.05) is 13.8 Å². The van der Waals surface area contributed by atoms with Gasteiger partial charge in [0.15, 0.2) is 0 Å². The van der Waals surface area contributed by atoms with E-state index in [1.54, 1.807) is 6.42 Å². The number of thiol groups is 1. The molecule has 0 aliphatic carbocycles. The number of carbonyl (C=O) groups is 1. The van der Waals surface area contributed by atoms with Gasteiger partial charge in [-0.1, -0.05) is 12.2 Å². The second-order valence-electron chi connectivity index (χ2n) is 3.06. The summed E-state index contributed by atoms with van der Waals surface area (Å²) >= 11 is 8.61. The van der Waals surface area contributed by atoms with Crippen molar-refractivity contribution in [1.29, 1.82) is 0 Å². The van der Waals surface area contributed by atoms with Crippen LogP contribution in [-0.2, 0) is 9.53 Å². The van der Waals surface area contributed by atoms with Crippen LogP contribution in [0, 0.1) is 6.42 Å². The number of esters is 1. The van der Waals surface area contributed by atoms with E-state index in [9.17, 15) is 4.79 Å². The van der Waals surface area contributed by atoms with Gasteiger partial charge in [0.25, 0.3) is 0 Å². The Kier molecular flexibility index (Phi) is 7.89. The van der Waals surface area contributed by atoms with Crippen LogP contribution in [0.3, 0.4) is 0 Å². The maximum Gasteiger partial charge on any atom is 0.310 e. The molecule has 0 heterocycles. The molecule has 0 aromatic rings. The summed E-state index contributed by atoms with van der Waals surface area (Å²) in [6.07, 6.45) is 3.02. The third-order valence-electron chi connectivity index (χ3n) is 1.32. The van der Waals surface area contributed by atoms with Gasteiger partial charge in [-0.05, 0) is 26.7 Å². The van der Waals surface area contributed by atoms with Crippen LogP contribution >= 0.6 is 24.8 Å². The minimum atomic E-state index is -0.256. The van der Waals surface area contributed by atoms with Gasteiger partial charge >= 0.3 is 5.97 Å². The number of ether oxygens (including phenoxy) is 1. The van der Waals surface area contributed by atoms with E-state index in [4.69, 9.17) is 17.0 Å². The molecule has 1 N–H and O–H groups in total. The zero-order chi connectivity index (χ0) is 11.0. The Morgan fingerprint density at radius 2 is 2.29 bits per heavy atom. The molecule has 0 saturated carbocycles. The molecule has 81 valence electrons. The smallest absolute Gasteiger partial charge is 0.310 e. The van der Waals surface area contributed by atoms with Crippen LogP contribution in [0.25, 0.3) is 0 Å². The highest BCUT2D eigenvalue weighted by molar-refractivity contribution is 8.11. The van der Waals surface area contributed by atoms with Gasteiger partial charge in [0.1, 0.15) is 4.32 Å². The van der Waals surface area contributed by atoms with Crippen LogP contribution in [0.2, 0.25) is 0 Å². The topological polar surface area (TPSA) is 38.3 Å². The van der Waals surface area contributed by atoms with E-state index in [-0.39, 0.29) is 12.1 Å². The third kappa shape index (κ3) is 9.80. The van der Waals surface area contributed by atoms with Crippen molar-refractivity contribution >= 4 is 35.1 Å². The molecule has 0 aliphatic heterocycles. The molecule has 3 nitrogen and oxygen atoms in total. The van der Waals surface area contributed by atoms with Crippen LogP contribution in [0.5, 0.6) is 0 Å². The number of hydrogen-bond acceptors (Lipinski definition) is 3. The van der Waals surface area contributed by atoms with Crippen molar-refractivity contribution < 1.29 is 9.53 Å². The Labute approximate surface area is 96.0 Å². The van der Waals surface area contributed by atoms with Crippen LogP contribution in [-0.4, -0.2) is 22.9 Å². The molecule has 0 fully saturated rings. The van der Waals surface area contributed by atoms with Crippen molar-refractivity contribution in [3.05, 3.63) is 6.42 Å². The average Bonchev–Trinajstić information content (AvgIpc) is 2.01. The molecule has 0 unspecified atom stereocenters. The predicted octanol–water partition coefficient (Wildman–Crippen LogP) is 1.73. The average molecular weight is 234 g/mol. The lowest BCUT2D eigenvalue weighted by atomic mass is 10.2. The van der Waals surface area contributed by atoms with Gasteiger partial charge in [-0.15, -0.1) is 12.6 Å². The largest absolute Gasteiger partial charge is 0.463 e. The molecule has 14 heavy (non-hydrogen) atoms. The Hall–Kier alpha value is -0.290. The lowest BCUT2D eigenvalue weighted by Crippen LogP contribution is -2.18. The minimum Gasteiger partial charge on any atom is -0.463 e. The van der Waals surface area contributed by atoms with Gasteiger partial charge < -0.3 is 10.1 Å². The standard InChI is InChI=1S/C9H16NO2S2/c1-7(2)12-8(11)5-3-4-6-10-9(13)14/h5,7H,3-4,6H2,1-2H3,(H2,10,13,14). The monoisotopic (exact) mass is 234 g/mol. The van der Waals surface area contributed by atoms with Crippen molar-refractivity contribution in [2.75, 3.05) is 6.54 Å². The first-order valence-electron chi connectivity index (χ1n) is 4.53. The van der Waals surface area contributed by atoms with Crippen molar-refractivity contribution in [1.82, 2.24) is 5.32 Å². The van der Waals surface area contributed by atoms with Crippen LogP contribution in [0.1, 0.15) is 26.7 Å². The second kappa shape index (κ2) is 8.05. The summed E-state index contributed by atoms with van der Waals surface area (Å²) in [4.78, 5) is 11.0. The first kappa shape index (κ1) is 13.7. The molecule has 0 spiro atoms. The molecular formula is C9H16NO2S2. The molecule has 0 aromatic carbocycles. The predicted molar refractivity (Wildman–Crippen MR) is 64.3 cm³/mol. The van der Waals surface area contributed by atoms with E-state index >= 15 is 0 Å². The van der Waals surface area contributed by atoms with Gasteiger partial charge in [-0.25, -0.2) is 0 Å². The summed E-state index contributed by atoms with van der Waals surface area (Å²) in [6, 6.07) is 0. The van der Waals surface area contributed by atoms with E-state index in [1.165, 1.54) is 0 Å². The third-order valence-corrected chi connectivity index (χ3v) is 1.62. The first-order valence-corrected chi connectivity index (χ1v) is 5.38. The molecule has 0 aromatic heterocycles. The van der Waals surface area contributed by atoms with Gasteiger partial charge in [0.05, 0.1) is 12.5 Å². The molecule has 0 saturated heterocycles. The maximum atomic E-state index is 11.0. The number of thiocarbonyl (C=S) groups is 1. The summed E-state index contributed by atoms with van der Waals surface area (Å²) < 4.78 is 5.40. The molecule has 1 radical (unpaired) electrons.